The summed E-state index contributed by atoms with van der Waals surface area (Å²) in [5.41, 5.74) is 0.768. The molecule has 1 aromatic rings. The van der Waals surface area contributed by atoms with Gasteiger partial charge < -0.3 is 5.11 Å². The third-order valence-corrected chi connectivity index (χ3v) is 4.40. The molecule has 1 aromatic carbocycles. The maximum Gasteiger partial charge on any atom is 0.0857 e. The Balaban J connectivity index is 1.81. The van der Waals surface area contributed by atoms with Gasteiger partial charge in [0.2, 0.25) is 0 Å². The second kappa shape index (κ2) is 3.57. The largest absolute Gasteiger partial charge is 0.388 e. The predicted octanol–water partition coefficient (Wildman–Crippen LogP) is 1.83. The van der Waals surface area contributed by atoms with Crippen LogP contribution in [0.5, 0.6) is 0 Å². The van der Waals surface area contributed by atoms with Crippen molar-refractivity contribution in [3.05, 3.63) is 35.9 Å². The van der Waals surface area contributed by atoms with Crippen LogP contribution >= 0.6 is 0 Å². The van der Waals surface area contributed by atoms with Crippen molar-refractivity contribution in [2.45, 2.75) is 43.4 Å². The number of hydrogen-bond acceptors (Lipinski definition) is 2. The first kappa shape index (κ1) is 10.3. The number of likely N-dealkylation sites (N-methyl/N-ethyl adjacent to an activating group) is 1. The molecule has 0 aromatic heterocycles. The van der Waals surface area contributed by atoms with Gasteiger partial charge in [-0.1, -0.05) is 30.3 Å². The van der Waals surface area contributed by atoms with Crippen LogP contribution in [0.1, 0.15) is 24.8 Å². The van der Waals surface area contributed by atoms with Gasteiger partial charge in [0, 0.05) is 18.5 Å². The zero-order valence-corrected chi connectivity index (χ0v) is 9.76. The molecule has 0 radical (unpaired) electrons. The molecule has 0 saturated carbocycles. The lowest BCUT2D eigenvalue weighted by Crippen LogP contribution is -2.44. The first-order valence-electron chi connectivity index (χ1n) is 6.17. The summed E-state index contributed by atoms with van der Waals surface area (Å²) in [6.45, 7) is 0. The smallest absolute Gasteiger partial charge is 0.0857 e. The van der Waals surface area contributed by atoms with Crippen LogP contribution in [0.25, 0.3) is 0 Å². The quantitative estimate of drug-likeness (QED) is 0.817. The molecule has 86 valence electrons. The number of hydrogen-bond donors (Lipinski definition) is 1. The average Bonchev–Trinajstić information content (AvgIpc) is 2.72. The fraction of sp³-hybridized carbons (Fsp3) is 0.571. The van der Waals surface area contributed by atoms with Crippen LogP contribution in [-0.2, 0) is 6.42 Å². The van der Waals surface area contributed by atoms with E-state index in [1.807, 2.05) is 6.07 Å². The molecule has 2 heterocycles. The van der Waals surface area contributed by atoms with Crippen molar-refractivity contribution in [1.29, 1.82) is 0 Å². The summed E-state index contributed by atoms with van der Waals surface area (Å²) in [5, 5.41) is 10.8. The highest BCUT2D eigenvalue weighted by molar-refractivity contribution is 5.21. The van der Waals surface area contributed by atoms with E-state index in [-0.39, 0.29) is 0 Å². The van der Waals surface area contributed by atoms with Gasteiger partial charge in [-0.25, -0.2) is 0 Å². The van der Waals surface area contributed by atoms with Crippen LogP contribution in [-0.4, -0.2) is 34.7 Å². The topological polar surface area (TPSA) is 23.5 Å². The van der Waals surface area contributed by atoms with Crippen LogP contribution in [0.3, 0.4) is 0 Å². The second-order valence-electron chi connectivity index (χ2n) is 5.38. The van der Waals surface area contributed by atoms with Gasteiger partial charge in [0.15, 0.2) is 0 Å². The summed E-state index contributed by atoms with van der Waals surface area (Å²) in [7, 11) is 2.16. The Kier molecular flexibility index (Phi) is 2.30. The average molecular weight is 217 g/mol. The fourth-order valence-electron chi connectivity index (χ4n) is 3.59. The number of benzene rings is 1. The molecule has 2 fully saturated rings. The standard InChI is InChI=1S/C14H19NO/c1-15-12-7-8-13(15)14(16,10-12)9-11-5-3-2-4-6-11/h2-6,12-13,16H,7-10H2,1H3/t12-,13+,14+/m1/s1. The number of fused-ring (bicyclic) bond motifs is 2. The van der Waals surface area contributed by atoms with E-state index in [9.17, 15) is 5.11 Å². The lowest BCUT2D eigenvalue weighted by atomic mass is 9.80. The highest BCUT2D eigenvalue weighted by atomic mass is 16.3. The summed E-state index contributed by atoms with van der Waals surface area (Å²) in [4.78, 5) is 2.38. The zero-order valence-electron chi connectivity index (χ0n) is 9.76. The van der Waals surface area contributed by atoms with Crippen LogP contribution in [0.4, 0.5) is 0 Å². The van der Waals surface area contributed by atoms with Crippen molar-refractivity contribution in [1.82, 2.24) is 4.90 Å². The van der Waals surface area contributed by atoms with Gasteiger partial charge in [-0.3, -0.25) is 4.90 Å². The summed E-state index contributed by atoms with van der Waals surface area (Å²) < 4.78 is 0. The Morgan fingerprint density at radius 3 is 2.62 bits per heavy atom. The van der Waals surface area contributed by atoms with Gasteiger partial charge in [0.05, 0.1) is 5.60 Å². The van der Waals surface area contributed by atoms with Crippen molar-refractivity contribution in [2.24, 2.45) is 0 Å². The van der Waals surface area contributed by atoms with Crippen molar-refractivity contribution in [2.75, 3.05) is 7.05 Å². The molecule has 2 aliphatic heterocycles. The molecule has 0 spiro atoms. The van der Waals surface area contributed by atoms with E-state index in [1.165, 1.54) is 12.0 Å². The van der Waals surface area contributed by atoms with E-state index < -0.39 is 5.60 Å². The molecule has 3 rings (SSSR count). The van der Waals surface area contributed by atoms with Crippen molar-refractivity contribution >= 4 is 0 Å². The van der Waals surface area contributed by atoms with E-state index in [1.54, 1.807) is 0 Å². The Morgan fingerprint density at radius 1 is 1.31 bits per heavy atom. The molecule has 2 bridgehead atoms. The number of aliphatic hydroxyl groups is 1. The minimum absolute atomic E-state index is 0.373. The van der Waals surface area contributed by atoms with Gasteiger partial charge in [-0.2, -0.15) is 0 Å². The van der Waals surface area contributed by atoms with Crippen LogP contribution in [0.15, 0.2) is 30.3 Å². The van der Waals surface area contributed by atoms with E-state index in [2.05, 4.69) is 36.2 Å². The van der Waals surface area contributed by atoms with Gasteiger partial charge in [-0.05, 0) is 31.9 Å². The summed E-state index contributed by atoms with van der Waals surface area (Å²) in [6.07, 6.45) is 4.17. The highest BCUT2D eigenvalue weighted by Crippen LogP contribution is 2.44. The Labute approximate surface area is 96.9 Å². The maximum absolute atomic E-state index is 10.8. The zero-order chi connectivity index (χ0) is 11.2. The number of nitrogens with zero attached hydrogens (tertiary/aromatic N) is 1. The molecule has 0 unspecified atom stereocenters. The van der Waals surface area contributed by atoms with Crippen molar-refractivity contribution in [3.63, 3.8) is 0 Å². The maximum atomic E-state index is 10.8. The molecule has 0 aliphatic carbocycles. The van der Waals surface area contributed by atoms with E-state index in [0.717, 1.165) is 19.3 Å². The Bertz CT molecular complexity index is 378. The molecular weight excluding hydrogens is 198 g/mol. The third kappa shape index (κ3) is 1.48. The van der Waals surface area contributed by atoms with Gasteiger partial charge >= 0.3 is 0 Å². The lowest BCUT2D eigenvalue weighted by Gasteiger charge is -2.32. The highest BCUT2D eigenvalue weighted by Gasteiger charge is 2.53. The monoisotopic (exact) mass is 217 g/mol. The van der Waals surface area contributed by atoms with Gasteiger partial charge in [-0.15, -0.1) is 0 Å². The molecule has 2 aliphatic rings. The van der Waals surface area contributed by atoms with E-state index in [4.69, 9.17) is 0 Å². The normalized spacial score (nSPS) is 38.1. The molecule has 0 amide bonds. The molecule has 3 atom stereocenters. The molecule has 2 heteroatoms. The minimum atomic E-state index is -0.487. The van der Waals surface area contributed by atoms with Crippen molar-refractivity contribution < 1.29 is 5.11 Å². The SMILES string of the molecule is CN1[C@@H]2CC[C@H]1[C@](O)(Cc1ccccc1)C2. The van der Waals surface area contributed by atoms with Crippen LogP contribution in [0, 0.1) is 0 Å². The van der Waals surface area contributed by atoms with Gasteiger partial charge in [0.1, 0.15) is 0 Å². The molecule has 2 saturated heterocycles. The summed E-state index contributed by atoms with van der Waals surface area (Å²) >= 11 is 0. The first-order valence-corrected chi connectivity index (χ1v) is 6.17. The second-order valence-corrected chi connectivity index (χ2v) is 5.38. The van der Waals surface area contributed by atoms with E-state index in [0.29, 0.717) is 12.1 Å². The Morgan fingerprint density at radius 2 is 2.06 bits per heavy atom. The predicted molar refractivity (Wildman–Crippen MR) is 64.3 cm³/mol. The number of rotatable bonds is 2. The molecule has 16 heavy (non-hydrogen) atoms. The lowest BCUT2D eigenvalue weighted by molar-refractivity contribution is 0.00512. The van der Waals surface area contributed by atoms with E-state index >= 15 is 0 Å². The fourth-order valence-corrected chi connectivity index (χ4v) is 3.59. The Hall–Kier alpha value is -0.860. The van der Waals surface area contributed by atoms with Crippen LogP contribution in [0.2, 0.25) is 0 Å². The minimum Gasteiger partial charge on any atom is -0.388 e. The summed E-state index contributed by atoms with van der Waals surface area (Å²) in [5.74, 6) is 0. The molecule has 2 nitrogen and oxygen atoms in total. The van der Waals surface area contributed by atoms with Crippen LogP contribution < -0.4 is 0 Å². The molecular formula is C14H19NO. The molecule has 1 N–H and O–H groups in total. The van der Waals surface area contributed by atoms with Crippen molar-refractivity contribution in [3.8, 4) is 0 Å². The first-order chi connectivity index (χ1) is 7.69. The van der Waals surface area contributed by atoms with Gasteiger partial charge in [0.25, 0.3) is 0 Å². The third-order valence-electron chi connectivity index (χ3n) is 4.40. The summed E-state index contributed by atoms with van der Waals surface area (Å²) in [6, 6.07) is 11.3.